The standard InChI is InChI=1S/C21H23FN2OS/c1-14-3-8-19(13-15(14)2)23-21(26)24-11-9-17(10-12-24)20(25)16-4-6-18(22)7-5-16/h3-8,13,17H,9-12H2,1-2H3,(H,23,26). The maximum atomic E-state index is 13.0. The highest BCUT2D eigenvalue weighted by Crippen LogP contribution is 2.23. The van der Waals surface area contributed by atoms with Crippen molar-refractivity contribution < 1.29 is 9.18 Å². The average Bonchev–Trinajstić information content (AvgIpc) is 2.65. The number of benzene rings is 2. The molecule has 1 saturated heterocycles. The minimum absolute atomic E-state index is 0.0267. The Kier molecular flexibility index (Phi) is 5.67. The molecule has 5 heteroatoms. The summed E-state index contributed by atoms with van der Waals surface area (Å²) in [6.45, 7) is 5.65. The van der Waals surface area contributed by atoms with Gasteiger partial charge in [-0.2, -0.15) is 0 Å². The number of halogens is 1. The summed E-state index contributed by atoms with van der Waals surface area (Å²) < 4.78 is 13.0. The van der Waals surface area contributed by atoms with Crippen LogP contribution >= 0.6 is 12.2 Å². The summed E-state index contributed by atoms with van der Waals surface area (Å²) in [4.78, 5) is 14.7. The van der Waals surface area contributed by atoms with E-state index in [0.29, 0.717) is 10.7 Å². The van der Waals surface area contributed by atoms with Crippen LogP contribution in [0.3, 0.4) is 0 Å². The molecule has 3 rings (SSSR count). The Bertz CT molecular complexity index is 811. The first-order valence-electron chi connectivity index (χ1n) is 8.87. The van der Waals surface area contributed by atoms with Crippen LogP contribution in [0.1, 0.15) is 34.3 Å². The van der Waals surface area contributed by atoms with E-state index >= 15 is 0 Å². The molecule has 2 aromatic carbocycles. The molecule has 1 heterocycles. The zero-order valence-corrected chi connectivity index (χ0v) is 15.9. The van der Waals surface area contributed by atoms with E-state index in [4.69, 9.17) is 12.2 Å². The van der Waals surface area contributed by atoms with Gasteiger partial charge in [-0.25, -0.2) is 4.39 Å². The van der Waals surface area contributed by atoms with E-state index < -0.39 is 0 Å². The summed E-state index contributed by atoms with van der Waals surface area (Å²) in [5.41, 5.74) is 4.05. The molecule has 0 saturated carbocycles. The van der Waals surface area contributed by atoms with Crippen molar-refractivity contribution in [2.75, 3.05) is 18.4 Å². The van der Waals surface area contributed by atoms with Crippen molar-refractivity contribution in [3.05, 3.63) is 65.0 Å². The van der Waals surface area contributed by atoms with Crippen LogP contribution in [-0.2, 0) is 0 Å². The normalized spacial score (nSPS) is 15.0. The fourth-order valence-corrected chi connectivity index (χ4v) is 3.52. The molecule has 0 aliphatic carbocycles. The zero-order chi connectivity index (χ0) is 18.7. The second-order valence-electron chi connectivity index (χ2n) is 6.86. The summed E-state index contributed by atoms with van der Waals surface area (Å²) >= 11 is 5.53. The van der Waals surface area contributed by atoms with Gasteiger partial charge >= 0.3 is 0 Å². The highest BCUT2D eigenvalue weighted by molar-refractivity contribution is 7.80. The topological polar surface area (TPSA) is 32.3 Å². The van der Waals surface area contributed by atoms with Crippen LogP contribution in [0.5, 0.6) is 0 Å². The van der Waals surface area contributed by atoms with E-state index in [2.05, 4.69) is 36.2 Å². The van der Waals surface area contributed by atoms with Crippen molar-refractivity contribution in [1.29, 1.82) is 0 Å². The predicted octanol–water partition coefficient (Wildman–Crippen LogP) is 4.73. The Morgan fingerprint density at radius 2 is 1.73 bits per heavy atom. The number of ketones is 1. The van der Waals surface area contributed by atoms with Crippen molar-refractivity contribution in [2.45, 2.75) is 26.7 Å². The fourth-order valence-electron chi connectivity index (χ4n) is 3.22. The smallest absolute Gasteiger partial charge is 0.173 e. The molecule has 136 valence electrons. The molecule has 1 N–H and O–H groups in total. The monoisotopic (exact) mass is 370 g/mol. The Morgan fingerprint density at radius 1 is 1.08 bits per heavy atom. The molecule has 0 spiro atoms. The second-order valence-corrected chi connectivity index (χ2v) is 7.25. The summed E-state index contributed by atoms with van der Waals surface area (Å²) in [5.74, 6) is -0.252. The number of Topliss-reactive ketones (excluding diaryl/α,β-unsaturated/α-hetero) is 1. The first kappa shape index (κ1) is 18.5. The van der Waals surface area contributed by atoms with Crippen molar-refractivity contribution in [1.82, 2.24) is 4.90 Å². The summed E-state index contributed by atoms with van der Waals surface area (Å²) in [7, 11) is 0. The quantitative estimate of drug-likeness (QED) is 0.625. The van der Waals surface area contributed by atoms with Crippen LogP contribution in [-0.4, -0.2) is 28.9 Å². The number of carbonyl (C=O) groups is 1. The van der Waals surface area contributed by atoms with Gasteiger partial charge in [-0.05, 0) is 86.4 Å². The van der Waals surface area contributed by atoms with Gasteiger partial charge in [0.05, 0.1) is 0 Å². The minimum Gasteiger partial charge on any atom is -0.349 e. The lowest BCUT2D eigenvalue weighted by molar-refractivity contribution is 0.0873. The maximum absolute atomic E-state index is 13.0. The van der Waals surface area contributed by atoms with Crippen LogP contribution in [0, 0.1) is 25.6 Å². The number of piperidine rings is 1. The Labute approximate surface area is 159 Å². The van der Waals surface area contributed by atoms with Gasteiger partial charge in [0.1, 0.15) is 5.82 Å². The first-order chi connectivity index (χ1) is 12.4. The maximum Gasteiger partial charge on any atom is 0.173 e. The Hall–Kier alpha value is -2.27. The zero-order valence-electron chi connectivity index (χ0n) is 15.1. The number of thiocarbonyl (C=S) groups is 1. The molecule has 0 amide bonds. The number of carbonyl (C=O) groups excluding carboxylic acids is 1. The highest BCUT2D eigenvalue weighted by Gasteiger charge is 2.26. The van der Waals surface area contributed by atoms with Gasteiger partial charge in [-0.15, -0.1) is 0 Å². The molecule has 1 aliphatic rings. The fraction of sp³-hybridized carbons (Fsp3) is 0.333. The SMILES string of the molecule is Cc1ccc(NC(=S)N2CCC(C(=O)c3ccc(F)cc3)CC2)cc1C. The summed E-state index contributed by atoms with van der Waals surface area (Å²) in [6, 6.07) is 12.0. The number of rotatable bonds is 3. The molecule has 0 atom stereocenters. The largest absolute Gasteiger partial charge is 0.349 e. The lowest BCUT2D eigenvalue weighted by Crippen LogP contribution is -2.42. The third-order valence-electron chi connectivity index (χ3n) is 5.04. The number of likely N-dealkylation sites (tertiary alicyclic amines) is 1. The van der Waals surface area contributed by atoms with E-state index in [0.717, 1.165) is 31.6 Å². The van der Waals surface area contributed by atoms with Crippen LogP contribution in [0.15, 0.2) is 42.5 Å². The third kappa shape index (κ3) is 4.28. The Balaban J connectivity index is 1.55. The van der Waals surface area contributed by atoms with E-state index in [1.165, 1.54) is 23.3 Å². The van der Waals surface area contributed by atoms with Crippen LogP contribution in [0.25, 0.3) is 0 Å². The predicted molar refractivity (Wildman–Crippen MR) is 107 cm³/mol. The number of aryl methyl sites for hydroxylation is 2. The van der Waals surface area contributed by atoms with Crippen LogP contribution in [0.2, 0.25) is 0 Å². The molecule has 1 fully saturated rings. The molecular formula is C21H23FN2OS. The van der Waals surface area contributed by atoms with Gasteiger partial charge in [-0.3, -0.25) is 4.79 Å². The van der Waals surface area contributed by atoms with Gasteiger partial charge in [0.15, 0.2) is 10.9 Å². The van der Waals surface area contributed by atoms with Gasteiger partial charge in [0.2, 0.25) is 0 Å². The molecule has 0 bridgehead atoms. The van der Waals surface area contributed by atoms with Gasteiger partial charge in [-0.1, -0.05) is 6.07 Å². The average molecular weight is 370 g/mol. The summed E-state index contributed by atoms with van der Waals surface area (Å²) in [6.07, 6.45) is 1.51. The lowest BCUT2D eigenvalue weighted by Gasteiger charge is -2.33. The molecule has 2 aromatic rings. The molecule has 0 radical (unpaired) electrons. The van der Waals surface area contributed by atoms with E-state index in [-0.39, 0.29) is 17.5 Å². The third-order valence-corrected chi connectivity index (χ3v) is 5.40. The van der Waals surface area contributed by atoms with Crippen molar-refractivity contribution in [3.8, 4) is 0 Å². The van der Waals surface area contributed by atoms with Gasteiger partial charge in [0, 0.05) is 30.3 Å². The van der Waals surface area contributed by atoms with Crippen molar-refractivity contribution in [3.63, 3.8) is 0 Å². The van der Waals surface area contributed by atoms with Crippen LogP contribution < -0.4 is 5.32 Å². The van der Waals surface area contributed by atoms with Gasteiger partial charge in [0.25, 0.3) is 0 Å². The van der Waals surface area contributed by atoms with E-state index in [9.17, 15) is 9.18 Å². The molecule has 26 heavy (non-hydrogen) atoms. The second kappa shape index (κ2) is 7.96. The summed E-state index contributed by atoms with van der Waals surface area (Å²) in [5, 5.41) is 3.99. The number of hydrogen-bond acceptors (Lipinski definition) is 2. The number of nitrogens with one attached hydrogen (secondary N) is 1. The van der Waals surface area contributed by atoms with Crippen LogP contribution in [0.4, 0.5) is 10.1 Å². The molecule has 0 unspecified atom stereocenters. The lowest BCUT2D eigenvalue weighted by atomic mass is 9.89. The number of nitrogens with zero attached hydrogens (tertiary/aromatic N) is 1. The molecular weight excluding hydrogens is 347 g/mol. The number of hydrogen-bond donors (Lipinski definition) is 1. The van der Waals surface area contributed by atoms with Crippen molar-refractivity contribution >= 4 is 28.8 Å². The molecule has 1 aliphatic heterocycles. The number of anilines is 1. The molecule has 3 nitrogen and oxygen atoms in total. The highest BCUT2D eigenvalue weighted by atomic mass is 32.1. The van der Waals surface area contributed by atoms with E-state index in [1.807, 2.05) is 6.07 Å². The van der Waals surface area contributed by atoms with Gasteiger partial charge < -0.3 is 10.2 Å². The first-order valence-corrected chi connectivity index (χ1v) is 9.28. The molecule has 0 aromatic heterocycles. The minimum atomic E-state index is -0.320. The van der Waals surface area contributed by atoms with E-state index in [1.54, 1.807) is 12.1 Å². The van der Waals surface area contributed by atoms with Crippen molar-refractivity contribution in [2.24, 2.45) is 5.92 Å². The Morgan fingerprint density at radius 3 is 2.35 bits per heavy atom.